The van der Waals surface area contributed by atoms with Crippen LogP contribution in [0.5, 0.6) is 0 Å². The van der Waals surface area contributed by atoms with Crippen molar-refractivity contribution in [3.05, 3.63) is 0 Å². The highest BCUT2D eigenvalue weighted by Crippen LogP contribution is 2.18. The van der Waals surface area contributed by atoms with Gasteiger partial charge in [0.15, 0.2) is 0 Å². The van der Waals surface area contributed by atoms with E-state index in [1.165, 1.54) is 0 Å². The molecule has 100 valence electrons. The van der Waals surface area contributed by atoms with Crippen molar-refractivity contribution in [3.8, 4) is 0 Å². The van der Waals surface area contributed by atoms with Crippen LogP contribution in [0.25, 0.3) is 0 Å². The fraction of sp³-hybridized carbons (Fsp3) is 0.889. The van der Waals surface area contributed by atoms with Crippen molar-refractivity contribution in [2.45, 2.75) is 38.3 Å². The van der Waals surface area contributed by atoms with Gasteiger partial charge in [-0.2, -0.15) is 0 Å². The second kappa shape index (κ2) is 5.19. The van der Waals surface area contributed by atoms with E-state index in [9.17, 15) is 8.42 Å². The van der Waals surface area contributed by atoms with E-state index in [0.29, 0.717) is 18.5 Å². The number of hydrogen-bond acceptors (Lipinski definition) is 4. The van der Waals surface area contributed by atoms with Gasteiger partial charge in [-0.15, -0.1) is 0 Å². The zero-order valence-corrected chi connectivity index (χ0v) is 11.3. The minimum Gasteiger partial charge on any atom is -0.353 e. The third-order valence-corrected chi connectivity index (χ3v) is 3.07. The van der Waals surface area contributed by atoms with E-state index in [0.717, 1.165) is 19.1 Å². The molecule has 0 aromatic heterocycles. The van der Waals surface area contributed by atoms with Gasteiger partial charge in [-0.1, -0.05) is 0 Å². The number of nitrogens with two attached hydrogens (primary N) is 1. The third-order valence-electron chi connectivity index (χ3n) is 2.15. The van der Waals surface area contributed by atoms with E-state index in [-0.39, 0.29) is 0 Å². The lowest BCUT2D eigenvalue weighted by molar-refractivity contribution is 0.464. The Labute approximate surface area is 102 Å². The van der Waals surface area contributed by atoms with E-state index in [1.807, 2.05) is 0 Å². The lowest BCUT2D eigenvalue weighted by atomic mass is 10.1. The molecule has 5 N–H and O–H groups in total. The highest BCUT2D eigenvalue weighted by Gasteiger charge is 2.24. The van der Waals surface area contributed by atoms with Crippen LogP contribution in [-0.2, 0) is 10.0 Å². The molecule has 0 aromatic rings. The maximum absolute atomic E-state index is 11.1. The van der Waals surface area contributed by atoms with Crippen molar-refractivity contribution in [3.63, 3.8) is 0 Å². The van der Waals surface area contributed by atoms with Crippen LogP contribution in [0, 0.1) is 0 Å². The van der Waals surface area contributed by atoms with Crippen LogP contribution in [-0.4, -0.2) is 38.8 Å². The van der Waals surface area contributed by atoms with E-state index < -0.39 is 15.6 Å². The molecule has 1 aliphatic carbocycles. The number of sulfonamides is 1. The summed E-state index contributed by atoms with van der Waals surface area (Å²) in [4.78, 5) is 4.22. The molecule has 0 radical (unpaired) electrons. The Bertz CT molecular complexity index is 386. The van der Waals surface area contributed by atoms with Gasteiger partial charge in [-0.3, -0.25) is 10.4 Å². The van der Waals surface area contributed by atoms with Crippen LogP contribution < -0.4 is 21.3 Å². The highest BCUT2D eigenvalue weighted by molar-refractivity contribution is 7.88. The molecule has 0 aromatic carbocycles. The van der Waals surface area contributed by atoms with E-state index >= 15 is 0 Å². The van der Waals surface area contributed by atoms with Crippen LogP contribution in [0.4, 0.5) is 0 Å². The van der Waals surface area contributed by atoms with Gasteiger partial charge in [-0.05, 0) is 26.7 Å². The minimum atomic E-state index is -3.24. The van der Waals surface area contributed by atoms with Gasteiger partial charge in [0.25, 0.3) is 0 Å². The highest BCUT2D eigenvalue weighted by atomic mass is 32.2. The Balaban J connectivity index is 2.52. The predicted octanol–water partition coefficient (Wildman–Crippen LogP) is -1.11. The number of aliphatic imine (C=N–C) groups is 1. The summed E-state index contributed by atoms with van der Waals surface area (Å²) >= 11 is 0. The molecule has 0 spiro atoms. The summed E-state index contributed by atoms with van der Waals surface area (Å²) in [6.45, 7) is 3.84. The average Bonchev–Trinajstić information content (AvgIpc) is 2.91. The van der Waals surface area contributed by atoms with Crippen LogP contribution in [0.3, 0.4) is 0 Å². The quantitative estimate of drug-likeness (QED) is 0.218. The molecule has 1 aliphatic rings. The molecule has 0 aliphatic heterocycles. The number of nitrogens with zero attached hydrogens (tertiary/aromatic N) is 1. The van der Waals surface area contributed by atoms with Crippen LogP contribution in [0.2, 0.25) is 0 Å². The molecule has 0 amide bonds. The molecule has 1 rings (SSSR count). The Morgan fingerprint density at radius 1 is 1.47 bits per heavy atom. The molecule has 0 heterocycles. The fourth-order valence-corrected chi connectivity index (χ4v) is 2.43. The summed E-state index contributed by atoms with van der Waals surface area (Å²) in [5, 5.41) is 3.11. The van der Waals surface area contributed by atoms with Crippen molar-refractivity contribution in [2.24, 2.45) is 10.8 Å². The molecule has 17 heavy (non-hydrogen) atoms. The molecule has 7 nitrogen and oxygen atoms in total. The Kier molecular flexibility index (Phi) is 4.34. The number of rotatable bonds is 5. The fourth-order valence-electron chi connectivity index (χ4n) is 1.36. The van der Waals surface area contributed by atoms with Crippen LogP contribution >= 0.6 is 0 Å². The first-order chi connectivity index (χ1) is 7.72. The van der Waals surface area contributed by atoms with Gasteiger partial charge in [0.05, 0.1) is 12.8 Å². The van der Waals surface area contributed by atoms with E-state index in [2.05, 4.69) is 20.5 Å². The van der Waals surface area contributed by atoms with Gasteiger partial charge in [0.1, 0.15) is 0 Å². The standard InChI is InChI=1S/C9H21N5O2S/c1-9(2,14-17(3,15)16)6-11-8(13-10)12-7-4-5-7/h7,14H,4-6,10H2,1-3H3,(H2,11,12,13). The second-order valence-corrected chi connectivity index (χ2v) is 6.73. The van der Waals surface area contributed by atoms with Crippen LogP contribution in [0.1, 0.15) is 26.7 Å². The summed E-state index contributed by atoms with van der Waals surface area (Å²) in [6, 6.07) is 0.441. The summed E-state index contributed by atoms with van der Waals surface area (Å²) in [5.41, 5.74) is 1.83. The molecule has 1 saturated carbocycles. The molecule has 0 saturated heterocycles. The van der Waals surface area contributed by atoms with Gasteiger partial charge in [0.2, 0.25) is 16.0 Å². The van der Waals surface area contributed by atoms with Crippen molar-refractivity contribution in [1.29, 1.82) is 0 Å². The minimum absolute atomic E-state index is 0.305. The lowest BCUT2D eigenvalue weighted by Gasteiger charge is -2.23. The van der Waals surface area contributed by atoms with Gasteiger partial charge < -0.3 is 5.32 Å². The van der Waals surface area contributed by atoms with Crippen LogP contribution in [0.15, 0.2) is 4.99 Å². The summed E-state index contributed by atoms with van der Waals surface area (Å²) in [7, 11) is -3.24. The SMILES string of the molecule is CC(C)(CN=C(NN)NC1CC1)NS(C)(=O)=O. The second-order valence-electron chi connectivity index (χ2n) is 4.99. The van der Waals surface area contributed by atoms with Crippen molar-refractivity contribution >= 4 is 16.0 Å². The molecule has 0 unspecified atom stereocenters. The zero-order valence-electron chi connectivity index (χ0n) is 10.4. The van der Waals surface area contributed by atoms with Crippen molar-refractivity contribution < 1.29 is 8.42 Å². The lowest BCUT2D eigenvalue weighted by Crippen LogP contribution is -2.48. The first kappa shape index (κ1) is 14.2. The maximum atomic E-state index is 11.1. The molecular weight excluding hydrogens is 242 g/mol. The zero-order chi connectivity index (χ0) is 13.1. The number of hydrogen-bond donors (Lipinski definition) is 4. The third kappa shape index (κ3) is 6.44. The Hall–Kier alpha value is -0.860. The van der Waals surface area contributed by atoms with E-state index in [4.69, 9.17) is 5.84 Å². The van der Waals surface area contributed by atoms with Gasteiger partial charge in [-0.25, -0.2) is 19.0 Å². The van der Waals surface area contributed by atoms with Gasteiger partial charge in [0, 0.05) is 11.6 Å². The number of nitrogens with one attached hydrogen (secondary N) is 3. The summed E-state index contributed by atoms with van der Waals surface area (Å²) in [6.07, 6.45) is 3.36. The topological polar surface area (TPSA) is 109 Å². The van der Waals surface area contributed by atoms with Gasteiger partial charge >= 0.3 is 0 Å². The monoisotopic (exact) mass is 263 g/mol. The predicted molar refractivity (Wildman–Crippen MR) is 67.8 cm³/mol. The molecule has 0 atom stereocenters. The van der Waals surface area contributed by atoms with Crippen molar-refractivity contribution in [1.82, 2.24) is 15.5 Å². The number of hydrazine groups is 1. The molecule has 0 bridgehead atoms. The largest absolute Gasteiger partial charge is 0.353 e. The number of guanidine groups is 1. The Morgan fingerprint density at radius 3 is 2.47 bits per heavy atom. The summed E-state index contributed by atoms with van der Waals surface area (Å²) in [5.74, 6) is 5.82. The normalized spacial score (nSPS) is 18.0. The first-order valence-corrected chi connectivity index (χ1v) is 7.37. The molecular formula is C9H21N5O2S. The average molecular weight is 263 g/mol. The van der Waals surface area contributed by atoms with E-state index in [1.54, 1.807) is 13.8 Å². The summed E-state index contributed by atoms with van der Waals surface area (Å²) < 4.78 is 24.8. The molecule has 1 fully saturated rings. The Morgan fingerprint density at radius 2 is 2.06 bits per heavy atom. The maximum Gasteiger partial charge on any atom is 0.209 e. The smallest absolute Gasteiger partial charge is 0.209 e. The van der Waals surface area contributed by atoms with Crippen molar-refractivity contribution in [2.75, 3.05) is 12.8 Å². The first-order valence-electron chi connectivity index (χ1n) is 5.48. The molecule has 8 heteroatoms.